The van der Waals surface area contributed by atoms with Gasteiger partial charge in [0.05, 0.1) is 4.91 Å². The third kappa shape index (κ3) is 6.39. The zero-order valence-electron chi connectivity index (χ0n) is 14.3. The van der Waals surface area contributed by atoms with Crippen molar-refractivity contribution in [3.8, 4) is 0 Å². The molecule has 140 valence electrons. The Morgan fingerprint density at radius 1 is 1.35 bits per heavy atom. The summed E-state index contributed by atoms with van der Waals surface area (Å²) in [4.78, 5) is 26.2. The van der Waals surface area contributed by atoms with Gasteiger partial charge in [-0.05, 0) is 54.2 Å². The topological polar surface area (TPSA) is 70.7 Å². The van der Waals surface area contributed by atoms with Crippen LogP contribution in [0.5, 0.6) is 0 Å². The molecule has 1 fully saturated rings. The van der Waals surface area contributed by atoms with Crippen LogP contribution < -0.4 is 10.6 Å². The van der Waals surface area contributed by atoms with Crippen LogP contribution in [0.3, 0.4) is 0 Å². The van der Waals surface area contributed by atoms with Gasteiger partial charge in [0.1, 0.15) is 0 Å². The third-order valence-electron chi connectivity index (χ3n) is 3.45. The first kappa shape index (κ1) is 20.9. The molecule has 2 rings (SSSR count). The van der Waals surface area contributed by atoms with E-state index in [9.17, 15) is 9.59 Å². The monoisotopic (exact) mass is 457 g/mol. The molecule has 0 unspecified atom stereocenters. The minimum atomic E-state index is -0.277. The number of nitrogens with zero attached hydrogens (tertiary/aromatic N) is 1. The molecule has 1 heterocycles. The van der Waals surface area contributed by atoms with Crippen LogP contribution in [-0.4, -0.2) is 54.5 Å². The smallest absolute Gasteiger partial charge is 0.293 e. The fraction of sp³-hybridized carbons (Fsp3) is 0.353. The van der Waals surface area contributed by atoms with Crippen LogP contribution in [0.1, 0.15) is 12.0 Å². The first-order chi connectivity index (χ1) is 12.5. The predicted octanol–water partition coefficient (Wildman–Crippen LogP) is 2.99. The number of imide groups is 1. The Bertz CT molecular complexity index is 712. The highest BCUT2D eigenvalue weighted by molar-refractivity contribution is 9.10. The maximum atomic E-state index is 12.4. The summed E-state index contributed by atoms with van der Waals surface area (Å²) in [6, 6.07) is 7.56. The van der Waals surface area contributed by atoms with E-state index in [-0.39, 0.29) is 17.7 Å². The first-order valence-electron chi connectivity index (χ1n) is 8.03. The fourth-order valence-corrected chi connectivity index (χ4v) is 3.69. The number of thioether (sulfide) groups is 1. The number of carbonyl (C=O) groups excluding carboxylic acids is 2. The summed E-state index contributed by atoms with van der Waals surface area (Å²) < 4.78 is 5.88. The van der Waals surface area contributed by atoms with Gasteiger partial charge >= 0.3 is 0 Å². The van der Waals surface area contributed by atoms with E-state index < -0.39 is 0 Å². The van der Waals surface area contributed by atoms with Gasteiger partial charge in [0.15, 0.2) is 5.11 Å². The molecule has 0 atom stereocenters. The molecule has 0 saturated carbocycles. The number of ether oxygens (including phenoxy) is 1. The Labute approximate surface area is 170 Å². The quantitative estimate of drug-likeness (QED) is 0.353. The molecule has 2 amide bonds. The number of rotatable bonds is 8. The van der Waals surface area contributed by atoms with E-state index in [2.05, 4.69) is 26.6 Å². The van der Waals surface area contributed by atoms with Gasteiger partial charge < -0.3 is 15.4 Å². The van der Waals surface area contributed by atoms with Gasteiger partial charge in [-0.15, -0.1) is 0 Å². The Morgan fingerprint density at radius 2 is 2.12 bits per heavy atom. The lowest BCUT2D eigenvalue weighted by molar-refractivity contribution is -0.122. The van der Waals surface area contributed by atoms with Gasteiger partial charge in [0, 0.05) is 37.8 Å². The molecule has 1 aliphatic rings. The zero-order chi connectivity index (χ0) is 18.9. The van der Waals surface area contributed by atoms with Gasteiger partial charge in [-0.25, -0.2) is 0 Å². The number of thiocarbonyl (C=S) groups is 1. The van der Waals surface area contributed by atoms with Crippen LogP contribution in [0.25, 0.3) is 6.08 Å². The number of nitrogens with one attached hydrogen (secondary N) is 2. The SMILES string of the molecule is COCCCNC(=S)NCCN1C(=O)S/C(=C\c2cccc(Br)c2)C1=O. The van der Waals surface area contributed by atoms with Gasteiger partial charge in [-0.1, -0.05) is 28.1 Å². The summed E-state index contributed by atoms with van der Waals surface area (Å²) in [5.74, 6) is -0.277. The molecule has 0 aliphatic carbocycles. The van der Waals surface area contributed by atoms with Crippen LogP contribution in [-0.2, 0) is 9.53 Å². The summed E-state index contributed by atoms with van der Waals surface area (Å²) in [6.45, 7) is 2.03. The van der Waals surface area contributed by atoms with Crippen molar-refractivity contribution in [1.29, 1.82) is 0 Å². The standard InChI is InChI=1S/C17H20BrN3O3S2/c1-24-9-3-6-19-16(25)20-7-8-21-15(22)14(26-17(21)23)11-12-4-2-5-13(18)10-12/h2,4-5,10-11H,3,6-9H2,1H3,(H2,19,20,25)/b14-11-. The summed E-state index contributed by atoms with van der Waals surface area (Å²) in [6.07, 6.45) is 2.58. The highest BCUT2D eigenvalue weighted by atomic mass is 79.9. The minimum absolute atomic E-state index is 0.264. The molecule has 0 radical (unpaired) electrons. The summed E-state index contributed by atoms with van der Waals surface area (Å²) in [7, 11) is 1.65. The molecule has 9 heteroatoms. The van der Waals surface area contributed by atoms with Gasteiger partial charge in [0.25, 0.3) is 11.1 Å². The number of methoxy groups -OCH3 is 1. The normalized spacial score (nSPS) is 15.6. The van der Waals surface area contributed by atoms with Crippen LogP contribution in [0.4, 0.5) is 4.79 Å². The van der Waals surface area contributed by atoms with E-state index in [0.29, 0.717) is 29.7 Å². The predicted molar refractivity (Wildman–Crippen MR) is 112 cm³/mol. The highest BCUT2D eigenvalue weighted by Crippen LogP contribution is 2.32. The van der Waals surface area contributed by atoms with Crippen LogP contribution >= 0.6 is 39.9 Å². The zero-order valence-corrected chi connectivity index (χ0v) is 17.5. The van der Waals surface area contributed by atoms with Crippen molar-refractivity contribution in [2.24, 2.45) is 0 Å². The fourth-order valence-electron chi connectivity index (χ4n) is 2.20. The average Bonchev–Trinajstić information content (AvgIpc) is 2.86. The van der Waals surface area contributed by atoms with Gasteiger partial charge in [-0.2, -0.15) is 0 Å². The van der Waals surface area contributed by atoms with E-state index in [1.165, 1.54) is 4.90 Å². The van der Waals surface area contributed by atoms with Gasteiger partial charge in [-0.3, -0.25) is 14.5 Å². The summed E-state index contributed by atoms with van der Waals surface area (Å²) in [5, 5.41) is 6.27. The lowest BCUT2D eigenvalue weighted by atomic mass is 10.2. The van der Waals surface area contributed by atoms with E-state index in [1.807, 2.05) is 24.3 Å². The summed E-state index contributed by atoms with van der Waals surface area (Å²) in [5.41, 5.74) is 0.865. The maximum Gasteiger partial charge on any atom is 0.293 e. The molecule has 6 nitrogen and oxygen atoms in total. The van der Waals surface area contributed by atoms with Crippen LogP contribution in [0.2, 0.25) is 0 Å². The van der Waals surface area contributed by atoms with Crippen LogP contribution in [0.15, 0.2) is 33.6 Å². The number of halogens is 1. The second kappa shape index (κ2) is 10.7. The Morgan fingerprint density at radius 3 is 2.85 bits per heavy atom. The molecule has 0 spiro atoms. The molecule has 1 aliphatic heterocycles. The third-order valence-corrected chi connectivity index (χ3v) is 5.14. The van der Waals surface area contributed by atoms with E-state index >= 15 is 0 Å². The largest absolute Gasteiger partial charge is 0.385 e. The summed E-state index contributed by atoms with van der Waals surface area (Å²) >= 11 is 9.50. The molecule has 0 bridgehead atoms. The van der Waals surface area contributed by atoms with Crippen molar-refractivity contribution < 1.29 is 14.3 Å². The van der Waals surface area contributed by atoms with Crippen molar-refractivity contribution in [2.75, 3.05) is 33.4 Å². The second-order valence-electron chi connectivity index (χ2n) is 5.42. The van der Waals surface area contributed by atoms with Crippen molar-refractivity contribution in [3.63, 3.8) is 0 Å². The van der Waals surface area contributed by atoms with Crippen LogP contribution in [0, 0.1) is 0 Å². The average molecular weight is 458 g/mol. The number of hydrogen-bond donors (Lipinski definition) is 2. The van der Waals surface area contributed by atoms with E-state index in [0.717, 1.165) is 28.2 Å². The molecule has 26 heavy (non-hydrogen) atoms. The van der Waals surface area contributed by atoms with Gasteiger partial charge in [0.2, 0.25) is 0 Å². The molecular formula is C17H20BrN3O3S2. The Balaban J connectivity index is 1.82. The van der Waals surface area contributed by atoms with Crippen molar-refractivity contribution in [1.82, 2.24) is 15.5 Å². The molecular weight excluding hydrogens is 438 g/mol. The van der Waals surface area contributed by atoms with Crippen molar-refractivity contribution in [3.05, 3.63) is 39.2 Å². The highest BCUT2D eigenvalue weighted by Gasteiger charge is 2.34. The first-order valence-corrected chi connectivity index (χ1v) is 10.0. The maximum absolute atomic E-state index is 12.4. The van der Waals surface area contributed by atoms with Crippen molar-refractivity contribution >= 4 is 62.2 Å². The van der Waals surface area contributed by atoms with E-state index in [1.54, 1.807) is 13.2 Å². The lowest BCUT2D eigenvalue weighted by Crippen LogP contribution is -2.41. The number of amides is 2. The Hall–Kier alpha value is -1.42. The number of hydrogen-bond acceptors (Lipinski definition) is 5. The Kier molecular flexibility index (Phi) is 8.56. The number of carbonyl (C=O) groups is 2. The lowest BCUT2D eigenvalue weighted by Gasteiger charge is -2.14. The molecule has 1 saturated heterocycles. The molecule has 2 N–H and O–H groups in total. The second-order valence-corrected chi connectivity index (χ2v) is 7.73. The molecule has 1 aromatic carbocycles. The molecule has 0 aromatic heterocycles. The van der Waals surface area contributed by atoms with Crippen molar-refractivity contribution in [2.45, 2.75) is 6.42 Å². The number of benzene rings is 1. The molecule has 1 aromatic rings. The minimum Gasteiger partial charge on any atom is -0.385 e. The van der Waals surface area contributed by atoms with E-state index in [4.69, 9.17) is 17.0 Å².